The lowest BCUT2D eigenvalue weighted by Crippen LogP contribution is -2.50. The number of hydrogen-bond acceptors (Lipinski definition) is 4. The molecule has 3 aromatic rings. The van der Waals surface area contributed by atoms with Crippen LogP contribution in [-0.4, -0.2) is 34.2 Å². The highest BCUT2D eigenvalue weighted by atomic mass is 16.5. The van der Waals surface area contributed by atoms with Crippen LogP contribution >= 0.6 is 0 Å². The van der Waals surface area contributed by atoms with Crippen molar-refractivity contribution in [2.75, 3.05) is 13.2 Å². The van der Waals surface area contributed by atoms with Crippen molar-refractivity contribution in [2.45, 2.75) is 53.2 Å². The van der Waals surface area contributed by atoms with Crippen molar-refractivity contribution in [1.29, 1.82) is 0 Å². The monoisotopic (exact) mass is 408 g/mol. The average Bonchev–Trinajstić information content (AvgIpc) is 3.05. The Labute approximate surface area is 178 Å². The van der Waals surface area contributed by atoms with Crippen molar-refractivity contribution in [2.24, 2.45) is 5.73 Å². The van der Waals surface area contributed by atoms with Crippen LogP contribution in [0, 0.1) is 13.8 Å². The average molecular weight is 409 g/mol. The Kier molecular flexibility index (Phi) is 6.58. The topological polar surface area (TPSA) is 82.2 Å². The van der Waals surface area contributed by atoms with E-state index >= 15 is 0 Å². The zero-order chi connectivity index (χ0) is 21.9. The van der Waals surface area contributed by atoms with Gasteiger partial charge in [-0.05, 0) is 69.0 Å². The van der Waals surface area contributed by atoms with E-state index in [1.54, 1.807) is 13.8 Å². The van der Waals surface area contributed by atoms with E-state index < -0.39 is 11.4 Å². The van der Waals surface area contributed by atoms with Crippen LogP contribution in [0.3, 0.4) is 0 Å². The lowest BCUT2D eigenvalue weighted by atomic mass is 10.0. The fourth-order valence-corrected chi connectivity index (χ4v) is 3.34. The Morgan fingerprint density at radius 3 is 2.50 bits per heavy atom. The SMILES string of the molecule is CCOCCn1c(CNC(C)(C)C(N)=O)nc2ccc(-c3ccc(C)c(C)c3)cc21. The highest BCUT2D eigenvalue weighted by molar-refractivity contribution is 5.84. The van der Waals surface area contributed by atoms with E-state index in [0.717, 1.165) is 22.4 Å². The first-order valence-electron chi connectivity index (χ1n) is 10.4. The van der Waals surface area contributed by atoms with E-state index in [4.69, 9.17) is 15.5 Å². The Hall–Kier alpha value is -2.70. The summed E-state index contributed by atoms with van der Waals surface area (Å²) in [6, 6.07) is 12.9. The molecule has 0 spiro atoms. The van der Waals surface area contributed by atoms with Gasteiger partial charge in [0.2, 0.25) is 5.91 Å². The number of carbonyl (C=O) groups is 1. The molecule has 6 heteroatoms. The van der Waals surface area contributed by atoms with Crippen LogP contribution in [0.15, 0.2) is 36.4 Å². The number of nitrogens with zero attached hydrogens (tertiary/aromatic N) is 2. The summed E-state index contributed by atoms with van der Waals surface area (Å²) in [4.78, 5) is 16.5. The molecule has 3 N–H and O–H groups in total. The number of hydrogen-bond donors (Lipinski definition) is 2. The number of primary amides is 1. The predicted octanol–water partition coefficient (Wildman–Crippen LogP) is 3.71. The summed E-state index contributed by atoms with van der Waals surface area (Å²) in [7, 11) is 0. The van der Waals surface area contributed by atoms with E-state index in [1.165, 1.54) is 16.7 Å². The van der Waals surface area contributed by atoms with E-state index in [-0.39, 0.29) is 0 Å². The molecule has 0 aliphatic carbocycles. The normalized spacial score (nSPS) is 11.9. The lowest BCUT2D eigenvalue weighted by Gasteiger charge is -2.22. The molecule has 0 fully saturated rings. The molecule has 0 aliphatic rings. The van der Waals surface area contributed by atoms with Crippen molar-refractivity contribution >= 4 is 16.9 Å². The first kappa shape index (κ1) is 22.0. The van der Waals surface area contributed by atoms with Crippen molar-refractivity contribution in [3.63, 3.8) is 0 Å². The molecule has 0 aliphatic heterocycles. The number of nitrogens with one attached hydrogen (secondary N) is 1. The molecule has 160 valence electrons. The Balaban J connectivity index is 2.00. The first-order valence-corrected chi connectivity index (χ1v) is 10.4. The second-order valence-electron chi connectivity index (χ2n) is 8.22. The summed E-state index contributed by atoms with van der Waals surface area (Å²) in [5.41, 5.74) is 11.6. The van der Waals surface area contributed by atoms with Crippen LogP contribution in [0.4, 0.5) is 0 Å². The molecule has 1 heterocycles. The van der Waals surface area contributed by atoms with Crippen molar-refractivity contribution in [3.05, 3.63) is 53.3 Å². The van der Waals surface area contributed by atoms with Gasteiger partial charge in [-0.1, -0.05) is 24.3 Å². The first-order chi connectivity index (χ1) is 14.2. The van der Waals surface area contributed by atoms with E-state index in [9.17, 15) is 4.79 Å². The minimum atomic E-state index is -0.812. The molecule has 30 heavy (non-hydrogen) atoms. The van der Waals surface area contributed by atoms with Gasteiger partial charge in [0.25, 0.3) is 0 Å². The second kappa shape index (κ2) is 8.98. The highest BCUT2D eigenvalue weighted by Gasteiger charge is 2.25. The summed E-state index contributed by atoms with van der Waals surface area (Å²) < 4.78 is 7.76. The number of fused-ring (bicyclic) bond motifs is 1. The zero-order valence-electron chi connectivity index (χ0n) is 18.6. The maximum atomic E-state index is 11.7. The van der Waals surface area contributed by atoms with Crippen molar-refractivity contribution in [3.8, 4) is 11.1 Å². The van der Waals surface area contributed by atoms with Gasteiger partial charge in [-0.25, -0.2) is 4.98 Å². The molecule has 0 radical (unpaired) electrons. The quantitative estimate of drug-likeness (QED) is 0.529. The number of carbonyl (C=O) groups excluding carboxylic acids is 1. The third-order valence-electron chi connectivity index (χ3n) is 5.64. The summed E-state index contributed by atoms with van der Waals surface area (Å²) in [5, 5.41) is 3.23. The Morgan fingerprint density at radius 1 is 1.13 bits per heavy atom. The third kappa shape index (κ3) is 4.71. The molecular weight excluding hydrogens is 376 g/mol. The Morgan fingerprint density at radius 2 is 1.83 bits per heavy atom. The van der Waals surface area contributed by atoms with Gasteiger partial charge in [-0.15, -0.1) is 0 Å². The molecule has 0 unspecified atom stereocenters. The molecule has 3 rings (SSSR count). The van der Waals surface area contributed by atoms with E-state index in [2.05, 4.69) is 60.1 Å². The van der Waals surface area contributed by atoms with Crippen LogP contribution < -0.4 is 11.1 Å². The number of aryl methyl sites for hydroxylation is 2. The largest absolute Gasteiger partial charge is 0.380 e. The molecule has 6 nitrogen and oxygen atoms in total. The molecule has 2 aromatic carbocycles. The molecule has 1 amide bonds. The summed E-state index contributed by atoms with van der Waals surface area (Å²) >= 11 is 0. The number of amides is 1. The second-order valence-corrected chi connectivity index (χ2v) is 8.22. The maximum absolute atomic E-state index is 11.7. The fraction of sp³-hybridized carbons (Fsp3) is 0.417. The Bertz CT molecular complexity index is 1050. The highest BCUT2D eigenvalue weighted by Crippen LogP contribution is 2.27. The molecule has 0 saturated carbocycles. The van der Waals surface area contributed by atoms with Crippen LogP contribution in [-0.2, 0) is 22.6 Å². The molecular formula is C24H32N4O2. The van der Waals surface area contributed by atoms with Crippen LogP contribution in [0.25, 0.3) is 22.2 Å². The van der Waals surface area contributed by atoms with Crippen LogP contribution in [0.2, 0.25) is 0 Å². The maximum Gasteiger partial charge on any atom is 0.237 e. The standard InChI is InChI=1S/C24H32N4O2/c1-6-30-12-11-28-21-14-19(18-8-7-16(2)17(3)13-18)9-10-20(21)27-22(28)15-26-24(4,5)23(25)29/h7-10,13-14,26H,6,11-12,15H2,1-5H3,(H2,25,29). The third-order valence-corrected chi connectivity index (χ3v) is 5.64. The van der Waals surface area contributed by atoms with Gasteiger partial charge >= 0.3 is 0 Å². The van der Waals surface area contributed by atoms with Gasteiger partial charge in [0.05, 0.1) is 29.7 Å². The molecule has 1 aromatic heterocycles. The van der Waals surface area contributed by atoms with Gasteiger partial charge in [0.1, 0.15) is 5.82 Å². The summed E-state index contributed by atoms with van der Waals surface area (Å²) in [5.74, 6) is 0.466. The zero-order valence-corrected chi connectivity index (χ0v) is 18.6. The minimum Gasteiger partial charge on any atom is -0.380 e. The number of ether oxygens (including phenoxy) is 1. The van der Waals surface area contributed by atoms with Gasteiger partial charge in [-0.2, -0.15) is 0 Å². The smallest absolute Gasteiger partial charge is 0.237 e. The van der Waals surface area contributed by atoms with Gasteiger partial charge < -0.3 is 15.0 Å². The van der Waals surface area contributed by atoms with Crippen LogP contribution in [0.1, 0.15) is 37.7 Å². The van der Waals surface area contributed by atoms with E-state index in [0.29, 0.717) is 26.3 Å². The molecule has 0 saturated heterocycles. The molecule has 0 bridgehead atoms. The number of nitrogens with two attached hydrogens (primary N) is 1. The predicted molar refractivity (Wildman–Crippen MR) is 121 cm³/mol. The van der Waals surface area contributed by atoms with Crippen LogP contribution in [0.5, 0.6) is 0 Å². The number of aromatic nitrogens is 2. The number of rotatable bonds is 9. The molecule has 0 atom stereocenters. The summed E-state index contributed by atoms with van der Waals surface area (Å²) in [6.45, 7) is 12.2. The summed E-state index contributed by atoms with van der Waals surface area (Å²) in [6.07, 6.45) is 0. The van der Waals surface area contributed by atoms with Gasteiger partial charge in [0, 0.05) is 13.2 Å². The van der Waals surface area contributed by atoms with Crippen molar-refractivity contribution < 1.29 is 9.53 Å². The lowest BCUT2D eigenvalue weighted by molar-refractivity contribution is -0.123. The fourth-order valence-electron chi connectivity index (χ4n) is 3.34. The van der Waals surface area contributed by atoms with E-state index in [1.807, 2.05) is 6.92 Å². The van der Waals surface area contributed by atoms with Gasteiger partial charge in [-0.3, -0.25) is 10.1 Å². The number of benzene rings is 2. The number of imidazole rings is 1. The minimum absolute atomic E-state index is 0.392. The van der Waals surface area contributed by atoms with Crippen molar-refractivity contribution in [1.82, 2.24) is 14.9 Å². The van der Waals surface area contributed by atoms with Gasteiger partial charge in [0.15, 0.2) is 0 Å².